The van der Waals surface area contributed by atoms with Crippen molar-refractivity contribution in [1.29, 1.82) is 0 Å². The van der Waals surface area contributed by atoms with Crippen LogP contribution in [-0.4, -0.2) is 28.1 Å². The number of fused-ring (bicyclic) bond motifs is 2. The summed E-state index contributed by atoms with van der Waals surface area (Å²) in [6.07, 6.45) is 7.46. The van der Waals surface area contributed by atoms with Crippen LogP contribution in [0.15, 0.2) is 41.8 Å². The van der Waals surface area contributed by atoms with Gasteiger partial charge in [-0.25, -0.2) is 0 Å². The molecule has 0 amide bonds. The summed E-state index contributed by atoms with van der Waals surface area (Å²) < 4.78 is 0. The Hall–Kier alpha value is -1.43. The van der Waals surface area contributed by atoms with Gasteiger partial charge in [0.15, 0.2) is 5.11 Å². The summed E-state index contributed by atoms with van der Waals surface area (Å²) in [7, 11) is 0. The molecule has 0 aliphatic carbocycles. The number of nitrogens with zero attached hydrogens (tertiary/aromatic N) is 1. The molecule has 0 spiro atoms. The van der Waals surface area contributed by atoms with Crippen LogP contribution in [0.4, 0.5) is 5.69 Å². The molecule has 2 bridgehead atoms. The summed E-state index contributed by atoms with van der Waals surface area (Å²) in [6, 6.07) is 14.9. The summed E-state index contributed by atoms with van der Waals surface area (Å²) >= 11 is 7.48. The van der Waals surface area contributed by atoms with Crippen molar-refractivity contribution in [2.24, 2.45) is 0 Å². The summed E-state index contributed by atoms with van der Waals surface area (Å²) in [4.78, 5) is 4.25. The Balaban J connectivity index is 1.33. The van der Waals surface area contributed by atoms with Gasteiger partial charge < -0.3 is 10.6 Å². The van der Waals surface area contributed by atoms with E-state index in [1.807, 2.05) is 11.3 Å². The number of anilines is 1. The Bertz CT molecular complexity index is 727. The van der Waals surface area contributed by atoms with Crippen LogP contribution >= 0.6 is 23.6 Å². The zero-order valence-corrected chi connectivity index (χ0v) is 17.6. The lowest BCUT2D eigenvalue weighted by Gasteiger charge is -2.49. The molecule has 144 valence electrons. The molecular formula is C22H29N3S2. The number of hydrogen-bond acceptors (Lipinski definition) is 3. The number of hydrogen-bond donors (Lipinski definition) is 2. The van der Waals surface area contributed by atoms with E-state index in [2.05, 4.69) is 64.2 Å². The van der Waals surface area contributed by atoms with Crippen LogP contribution in [0.25, 0.3) is 0 Å². The second-order valence-corrected chi connectivity index (χ2v) is 9.25. The third kappa shape index (κ3) is 4.71. The smallest absolute Gasteiger partial charge is 0.170 e. The van der Waals surface area contributed by atoms with Crippen LogP contribution < -0.4 is 10.6 Å². The number of benzene rings is 1. The number of thiocarbonyl (C=S) groups is 1. The first kappa shape index (κ1) is 18.9. The molecule has 5 heteroatoms. The van der Waals surface area contributed by atoms with Crippen molar-refractivity contribution >= 4 is 34.4 Å². The van der Waals surface area contributed by atoms with Crippen molar-refractivity contribution in [2.75, 3.05) is 5.32 Å². The largest absolute Gasteiger partial charge is 0.360 e. The Morgan fingerprint density at radius 1 is 1.15 bits per heavy atom. The number of piperidine rings is 2. The molecular weight excluding hydrogens is 370 g/mol. The van der Waals surface area contributed by atoms with Crippen molar-refractivity contribution in [1.82, 2.24) is 10.2 Å². The highest BCUT2D eigenvalue weighted by molar-refractivity contribution is 7.80. The summed E-state index contributed by atoms with van der Waals surface area (Å²) in [5, 5.41) is 9.91. The van der Waals surface area contributed by atoms with Gasteiger partial charge in [-0.15, -0.1) is 11.3 Å². The van der Waals surface area contributed by atoms with Gasteiger partial charge in [-0.2, -0.15) is 0 Å². The Kier molecular flexibility index (Phi) is 6.11. The summed E-state index contributed by atoms with van der Waals surface area (Å²) in [5.41, 5.74) is 2.42. The first-order valence-electron chi connectivity index (χ1n) is 10.2. The van der Waals surface area contributed by atoms with E-state index in [0.29, 0.717) is 18.1 Å². The van der Waals surface area contributed by atoms with Gasteiger partial charge in [0.1, 0.15) is 0 Å². The topological polar surface area (TPSA) is 27.3 Å². The molecule has 2 fully saturated rings. The number of rotatable bonds is 5. The molecule has 3 heterocycles. The standard InChI is InChI=1S/C22H29N3S2/c1-2-16-8-10-17(11-9-16)23-22(26)24-18-13-19-5-3-6-20(14-18)25(19)15-21-7-4-12-27-21/h4,7-12,18-20H,2-3,5-6,13-15H2,1H3,(H2,23,24,26). The van der Waals surface area contributed by atoms with Crippen LogP contribution in [0, 0.1) is 0 Å². The van der Waals surface area contributed by atoms with Gasteiger partial charge in [0.05, 0.1) is 0 Å². The number of thiophene rings is 1. The first-order chi connectivity index (χ1) is 13.2. The minimum atomic E-state index is 0.481. The van der Waals surface area contributed by atoms with Crippen molar-refractivity contribution in [2.45, 2.75) is 70.1 Å². The molecule has 2 aliphatic rings. The van der Waals surface area contributed by atoms with Gasteiger partial charge in [0.2, 0.25) is 0 Å². The molecule has 1 aromatic heterocycles. The number of nitrogens with one attached hydrogen (secondary N) is 2. The van der Waals surface area contributed by atoms with Gasteiger partial charge in [0, 0.05) is 35.2 Å². The van der Waals surface area contributed by atoms with E-state index in [0.717, 1.165) is 23.8 Å². The molecule has 0 radical (unpaired) electrons. The number of aryl methyl sites for hydroxylation is 1. The maximum Gasteiger partial charge on any atom is 0.170 e. The van der Waals surface area contributed by atoms with E-state index >= 15 is 0 Å². The van der Waals surface area contributed by atoms with Crippen LogP contribution in [0.1, 0.15) is 49.5 Å². The quantitative estimate of drug-likeness (QED) is 0.677. The molecule has 2 N–H and O–H groups in total. The fraction of sp³-hybridized carbons (Fsp3) is 0.500. The fourth-order valence-corrected chi connectivity index (χ4v) is 5.61. The molecule has 4 rings (SSSR count). The maximum absolute atomic E-state index is 5.60. The van der Waals surface area contributed by atoms with Crippen LogP contribution in [-0.2, 0) is 13.0 Å². The van der Waals surface area contributed by atoms with Gasteiger partial charge in [-0.1, -0.05) is 31.5 Å². The molecule has 1 aromatic carbocycles. The van der Waals surface area contributed by atoms with Gasteiger partial charge >= 0.3 is 0 Å². The Labute approximate surface area is 172 Å². The van der Waals surface area contributed by atoms with E-state index in [9.17, 15) is 0 Å². The first-order valence-corrected chi connectivity index (χ1v) is 11.4. The van der Waals surface area contributed by atoms with Crippen molar-refractivity contribution in [3.63, 3.8) is 0 Å². The van der Waals surface area contributed by atoms with E-state index < -0.39 is 0 Å². The van der Waals surface area contributed by atoms with Crippen LogP contribution in [0.5, 0.6) is 0 Å². The van der Waals surface area contributed by atoms with Crippen LogP contribution in [0.2, 0.25) is 0 Å². The molecule has 0 saturated carbocycles. The lowest BCUT2D eigenvalue weighted by Crippen LogP contribution is -2.56. The average molecular weight is 400 g/mol. The highest BCUT2D eigenvalue weighted by atomic mass is 32.1. The SMILES string of the molecule is CCc1ccc(NC(=S)NC2CC3CCCC(C2)N3Cc2cccs2)cc1. The van der Waals surface area contributed by atoms with Crippen molar-refractivity contribution < 1.29 is 0 Å². The van der Waals surface area contributed by atoms with Crippen LogP contribution in [0.3, 0.4) is 0 Å². The molecule has 2 unspecified atom stereocenters. The van der Waals surface area contributed by atoms with Gasteiger partial charge in [-0.05, 0) is 73.5 Å². The van der Waals surface area contributed by atoms with Gasteiger partial charge in [-0.3, -0.25) is 4.90 Å². The second kappa shape index (κ2) is 8.72. The monoisotopic (exact) mass is 399 g/mol. The van der Waals surface area contributed by atoms with E-state index in [-0.39, 0.29) is 0 Å². The van der Waals surface area contributed by atoms with E-state index in [4.69, 9.17) is 12.2 Å². The highest BCUT2D eigenvalue weighted by Gasteiger charge is 2.38. The predicted octanol–water partition coefficient (Wildman–Crippen LogP) is 5.18. The summed E-state index contributed by atoms with van der Waals surface area (Å²) in [5.74, 6) is 0. The zero-order chi connectivity index (χ0) is 18.6. The maximum atomic E-state index is 5.60. The molecule has 2 aliphatic heterocycles. The lowest BCUT2D eigenvalue weighted by atomic mass is 9.81. The Morgan fingerprint density at radius 2 is 1.89 bits per heavy atom. The predicted molar refractivity (Wildman–Crippen MR) is 119 cm³/mol. The third-order valence-corrected chi connectivity index (χ3v) is 7.08. The molecule has 2 atom stereocenters. The minimum Gasteiger partial charge on any atom is -0.360 e. The van der Waals surface area contributed by atoms with E-state index in [1.165, 1.54) is 42.5 Å². The van der Waals surface area contributed by atoms with Crippen molar-refractivity contribution in [3.8, 4) is 0 Å². The Morgan fingerprint density at radius 3 is 2.52 bits per heavy atom. The average Bonchev–Trinajstić information content (AvgIpc) is 3.16. The molecule has 2 aromatic rings. The van der Waals surface area contributed by atoms with Crippen molar-refractivity contribution in [3.05, 3.63) is 52.2 Å². The molecule has 3 nitrogen and oxygen atoms in total. The lowest BCUT2D eigenvalue weighted by molar-refractivity contribution is 0.0220. The summed E-state index contributed by atoms with van der Waals surface area (Å²) in [6.45, 7) is 3.29. The third-order valence-electron chi connectivity index (χ3n) is 6.00. The molecule has 27 heavy (non-hydrogen) atoms. The zero-order valence-electron chi connectivity index (χ0n) is 16.0. The van der Waals surface area contributed by atoms with E-state index in [1.54, 1.807) is 0 Å². The highest BCUT2D eigenvalue weighted by Crippen LogP contribution is 2.35. The normalized spacial score (nSPS) is 25.1. The second-order valence-electron chi connectivity index (χ2n) is 7.81. The fourth-order valence-electron chi connectivity index (χ4n) is 4.61. The minimum absolute atomic E-state index is 0.481. The van der Waals surface area contributed by atoms with Gasteiger partial charge in [0.25, 0.3) is 0 Å². The molecule has 2 saturated heterocycles.